The van der Waals surface area contributed by atoms with Crippen molar-refractivity contribution in [3.8, 4) is 5.75 Å². The summed E-state index contributed by atoms with van der Waals surface area (Å²) in [5.74, 6) is 0.0846. The van der Waals surface area contributed by atoms with Crippen LogP contribution in [0.15, 0.2) is 24.3 Å². The smallest absolute Gasteiger partial charge is 0.416 e. The van der Waals surface area contributed by atoms with E-state index in [9.17, 15) is 18.0 Å². The van der Waals surface area contributed by atoms with Gasteiger partial charge >= 0.3 is 12.2 Å². The average Bonchev–Trinajstić information content (AvgIpc) is 2.42. The molecule has 1 unspecified atom stereocenters. The van der Waals surface area contributed by atoms with Crippen LogP contribution in [-0.4, -0.2) is 48.9 Å². The molecule has 1 aromatic rings. The molecular formula is C14H19F3N2O3. The summed E-state index contributed by atoms with van der Waals surface area (Å²) in [5, 5.41) is 11.7. The number of urea groups is 1. The van der Waals surface area contributed by atoms with Crippen molar-refractivity contribution < 1.29 is 27.8 Å². The Morgan fingerprint density at radius 1 is 1.45 bits per heavy atom. The van der Waals surface area contributed by atoms with E-state index in [1.165, 1.54) is 24.1 Å². The van der Waals surface area contributed by atoms with Gasteiger partial charge in [0.05, 0.1) is 18.2 Å². The van der Waals surface area contributed by atoms with Crippen molar-refractivity contribution in [2.75, 3.05) is 26.7 Å². The Morgan fingerprint density at radius 3 is 2.73 bits per heavy atom. The van der Waals surface area contributed by atoms with Gasteiger partial charge in [-0.3, -0.25) is 0 Å². The lowest BCUT2D eigenvalue weighted by molar-refractivity contribution is -0.137. The van der Waals surface area contributed by atoms with Crippen molar-refractivity contribution in [3.05, 3.63) is 29.8 Å². The molecule has 0 spiro atoms. The maximum Gasteiger partial charge on any atom is 0.416 e. The van der Waals surface area contributed by atoms with Gasteiger partial charge in [0.25, 0.3) is 0 Å². The number of aliphatic hydroxyl groups is 1. The third kappa shape index (κ3) is 6.21. The molecule has 8 heteroatoms. The zero-order valence-corrected chi connectivity index (χ0v) is 12.4. The number of halogens is 3. The molecule has 124 valence electrons. The number of carbonyl (C=O) groups excluding carboxylic acids is 1. The number of rotatable bonds is 6. The maximum absolute atomic E-state index is 12.5. The second-order valence-electron chi connectivity index (χ2n) is 4.84. The van der Waals surface area contributed by atoms with E-state index in [4.69, 9.17) is 9.84 Å². The maximum atomic E-state index is 12.5. The molecule has 0 fully saturated rings. The molecule has 0 aromatic heterocycles. The largest absolute Gasteiger partial charge is 0.492 e. The van der Waals surface area contributed by atoms with Gasteiger partial charge in [0.2, 0.25) is 0 Å². The summed E-state index contributed by atoms with van der Waals surface area (Å²) >= 11 is 0. The molecule has 0 saturated carbocycles. The highest BCUT2D eigenvalue weighted by Crippen LogP contribution is 2.31. The number of aliphatic hydroxyl groups excluding tert-OH is 1. The minimum absolute atomic E-state index is 0.0373. The molecule has 1 aromatic carbocycles. The van der Waals surface area contributed by atoms with E-state index >= 15 is 0 Å². The number of nitrogens with zero attached hydrogens (tertiary/aromatic N) is 1. The Morgan fingerprint density at radius 2 is 2.14 bits per heavy atom. The number of hydrogen-bond donors (Lipinski definition) is 2. The SMILES string of the molecule is CC(O)CN(C)C(=O)NCCOc1cccc(C(F)(F)F)c1. The van der Waals surface area contributed by atoms with Crippen molar-refractivity contribution in [3.63, 3.8) is 0 Å². The normalized spacial score (nSPS) is 12.6. The van der Waals surface area contributed by atoms with E-state index in [1.54, 1.807) is 6.92 Å². The molecule has 0 aliphatic carbocycles. The first-order chi connectivity index (χ1) is 10.2. The number of likely N-dealkylation sites (N-methyl/N-ethyl adjacent to an activating group) is 1. The van der Waals surface area contributed by atoms with Crippen LogP contribution in [-0.2, 0) is 6.18 Å². The van der Waals surface area contributed by atoms with Crippen LogP contribution < -0.4 is 10.1 Å². The standard InChI is InChI=1S/C14H19F3N2O3/c1-10(20)9-19(2)13(21)18-6-7-22-12-5-3-4-11(8-12)14(15,16)17/h3-5,8,10,20H,6-7,9H2,1-2H3,(H,18,21). The van der Waals surface area contributed by atoms with Crippen LogP contribution in [0.25, 0.3) is 0 Å². The molecule has 0 bridgehead atoms. The fraction of sp³-hybridized carbons (Fsp3) is 0.500. The highest BCUT2D eigenvalue weighted by Gasteiger charge is 2.30. The van der Waals surface area contributed by atoms with Crippen molar-refractivity contribution in [2.24, 2.45) is 0 Å². The number of carbonyl (C=O) groups is 1. The second-order valence-corrected chi connectivity index (χ2v) is 4.84. The van der Waals surface area contributed by atoms with Gasteiger partial charge in [0.1, 0.15) is 12.4 Å². The topological polar surface area (TPSA) is 61.8 Å². The summed E-state index contributed by atoms with van der Waals surface area (Å²) in [6, 6.07) is 4.14. The Labute approximate surface area is 126 Å². The molecule has 2 N–H and O–H groups in total. The Hall–Kier alpha value is -1.96. The molecule has 22 heavy (non-hydrogen) atoms. The number of nitrogens with one attached hydrogen (secondary N) is 1. The van der Waals surface area contributed by atoms with E-state index in [2.05, 4.69) is 5.32 Å². The van der Waals surface area contributed by atoms with Crippen LogP contribution in [0.3, 0.4) is 0 Å². The first kappa shape index (κ1) is 18.1. The molecule has 0 saturated heterocycles. The van der Waals surface area contributed by atoms with Crippen LogP contribution in [0, 0.1) is 0 Å². The van der Waals surface area contributed by atoms with Crippen LogP contribution in [0.1, 0.15) is 12.5 Å². The van der Waals surface area contributed by atoms with Gasteiger partial charge in [-0.2, -0.15) is 13.2 Å². The predicted octanol–water partition coefficient (Wildman–Crippen LogP) is 2.11. The fourth-order valence-electron chi connectivity index (χ4n) is 1.70. The van der Waals surface area contributed by atoms with Gasteiger partial charge in [0, 0.05) is 13.6 Å². The number of benzene rings is 1. The van der Waals surface area contributed by atoms with Crippen molar-refractivity contribution in [2.45, 2.75) is 19.2 Å². The van der Waals surface area contributed by atoms with Gasteiger partial charge in [-0.1, -0.05) is 6.07 Å². The molecule has 0 aliphatic rings. The molecule has 2 amide bonds. The number of hydrogen-bond acceptors (Lipinski definition) is 3. The second kappa shape index (κ2) is 7.88. The van der Waals surface area contributed by atoms with E-state index < -0.39 is 23.9 Å². The lowest BCUT2D eigenvalue weighted by Gasteiger charge is -2.19. The predicted molar refractivity (Wildman–Crippen MR) is 74.6 cm³/mol. The minimum atomic E-state index is -4.42. The van der Waals surface area contributed by atoms with Gasteiger partial charge in [-0.25, -0.2) is 4.79 Å². The third-order valence-corrected chi connectivity index (χ3v) is 2.69. The van der Waals surface area contributed by atoms with Crippen molar-refractivity contribution in [1.82, 2.24) is 10.2 Å². The van der Waals surface area contributed by atoms with Crippen LogP contribution >= 0.6 is 0 Å². The summed E-state index contributed by atoms with van der Waals surface area (Å²) < 4.78 is 42.7. The Balaban J connectivity index is 2.38. The molecule has 1 atom stereocenters. The highest BCUT2D eigenvalue weighted by molar-refractivity contribution is 5.73. The molecule has 0 heterocycles. The van der Waals surface area contributed by atoms with E-state index in [0.717, 1.165) is 12.1 Å². The lowest BCUT2D eigenvalue weighted by atomic mass is 10.2. The Kier molecular flexibility index (Phi) is 6.48. The Bertz CT molecular complexity index is 492. The lowest BCUT2D eigenvalue weighted by Crippen LogP contribution is -2.42. The molecule has 5 nitrogen and oxygen atoms in total. The number of amides is 2. The summed E-state index contributed by atoms with van der Waals surface area (Å²) in [6.07, 6.45) is -5.06. The van der Waals surface area contributed by atoms with Crippen LogP contribution in [0.4, 0.5) is 18.0 Å². The summed E-state index contributed by atoms with van der Waals surface area (Å²) in [7, 11) is 1.52. The number of alkyl halides is 3. The van der Waals surface area contributed by atoms with Gasteiger partial charge in [-0.05, 0) is 25.1 Å². The van der Waals surface area contributed by atoms with Gasteiger partial charge in [0.15, 0.2) is 0 Å². The van der Waals surface area contributed by atoms with Gasteiger partial charge < -0.3 is 20.1 Å². The zero-order chi connectivity index (χ0) is 16.8. The van der Waals surface area contributed by atoms with E-state index in [0.29, 0.717) is 0 Å². The van der Waals surface area contributed by atoms with Crippen LogP contribution in [0.5, 0.6) is 5.75 Å². The zero-order valence-electron chi connectivity index (χ0n) is 12.4. The number of ether oxygens (including phenoxy) is 1. The molecular weight excluding hydrogens is 301 g/mol. The summed E-state index contributed by atoms with van der Waals surface area (Å²) in [4.78, 5) is 12.9. The van der Waals surface area contributed by atoms with E-state index in [-0.39, 0.29) is 25.4 Å². The highest BCUT2D eigenvalue weighted by atomic mass is 19.4. The summed E-state index contributed by atoms with van der Waals surface area (Å²) in [5.41, 5.74) is -0.786. The molecule has 0 aliphatic heterocycles. The minimum Gasteiger partial charge on any atom is -0.492 e. The van der Waals surface area contributed by atoms with E-state index in [1.807, 2.05) is 0 Å². The quantitative estimate of drug-likeness (QED) is 0.789. The van der Waals surface area contributed by atoms with Gasteiger partial charge in [-0.15, -0.1) is 0 Å². The van der Waals surface area contributed by atoms with Crippen LogP contribution in [0.2, 0.25) is 0 Å². The monoisotopic (exact) mass is 320 g/mol. The first-order valence-electron chi connectivity index (χ1n) is 6.67. The van der Waals surface area contributed by atoms with Crippen molar-refractivity contribution >= 4 is 6.03 Å². The third-order valence-electron chi connectivity index (χ3n) is 2.69. The summed E-state index contributed by atoms with van der Waals surface area (Å²) in [6.45, 7) is 1.91. The van der Waals surface area contributed by atoms with Crippen molar-refractivity contribution in [1.29, 1.82) is 0 Å². The average molecular weight is 320 g/mol. The first-order valence-corrected chi connectivity index (χ1v) is 6.67. The molecule has 1 rings (SSSR count). The molecule has 0 radical (unpaired) electrons. The fourth-order valence-corrected chi connectivity index (χ4v) is 1.70.